The summed E-state index contributed by atoms with van der Waals surface area (Å²) < 4.78 is 21.4. The van der Waals surface area contributed by atoms with E-state index >= 15 is 0 Å². The maximum Gasteiger partial charge on any atom is 0.219 e. The molecule has 1 unspecified atom stereocenters. The second kappa shape index (κ2) is 3.82. The van der Waals surface area contributed by atoms with E-state index in [1.807, 2.05) is 0 Å². The minimum atomic E-state index is -3.68. The SMILES string of the molecule is CCC(=O)C(CC)S(N)(=O)=O. The zero-order chi connectivity index (χ0) is 9.07. The van der Waals surface area contributed by atoms with E-state index in [1.165, 1.54) is 0 Å². The molecule has 4 nitrogen and oxygen atoms in total. The first kappa shape index (κ1) is 10.6. The molecule has 0 aromatic carbocycles. The monoisotopic (exact) mass is 179 g/mol. The van der Waals surface area contributed by atoms with Crippen LogP contribution in [-0.2, 0) is 14.8 Å². The Morgan fingerprint density at radius 2 is 1.91 bits per heavy atom. The third-order valence-corrected chi connectivity index (χ3v) is 2.86. The summed E-state index contributed by atoms with van der Waals surface area (Å²) in [5.41, 5.74) is 0. The van der Waals surface area contributed by atoms with E-state index in [9.17, 15) is 13.2 Å². The predicted octanol–water partition coefficient (Wildman–Crippen LogP) is 0.0326. The Labute approximate surface area is 66.8 Å². The van der Waals surface area contributed by atoms with Gasteiger partial charge in [-0.2, -0.15) is 0 Å². The van der Waals surface area contributed by atoms with Crippen LogP contribution in [0, 0.1) is 0 Å². The minimum absolute atomic E-state index is 0.217. The van der Waals surface area contributed by atoms with Gasteiger partial charge in [-0.3, -0.25) is 4.79 Å². The summed E-state index contributed by atoms with van der Waals surface area (Å²) in [6, 6.07) is 0. The van der Waals surface area contributed by atoms with Gasteiger partial charge in [0.15, 0.2) is 5.78 Å². The van der Waals surface area contributed by atoms with Crippen LogP contribution in [0.1, 0.15) is 26.7 Å². The Bertz CT molecular complexity index is 232. The molecule has 0 aliphatic carbocycles. The van der Waals surface area contributed by atoms with E-state index in [2.05, 4.69) is 0 Å². The van der Waals surface area contributed by atoms with Gasteiger partial charge in [0.25, 0.3) is 0 Å². The van der Waals surface area contributed by atoms with Crippen LogP contribution in [0.25, 0.3) is 0 Å². The fourth-order valence-electron chi connectivity index (χ4n) is 0.871. The summed E-state index contributed by atoms with van der Waals surface area (Å²) in [5.74, 6) is -0.310. The first-order valence-corrected chi connectivity index (χ1v) is 5.08. The Kier molecular flexibility index (Phi) is 3.68. The topological polar surface area (TPSA) is 77.2 Å². The van der Waals surface area contributed by atoms with Gasteiger partial charge in [0.2, 0.25) is 10.0 Å². The lowest BCUT2D eigenvalue weighted by molar-refractivity contribution is -0.118. The van der Waals surface area contributed by atoms with Crippen molar-refractivity contribution in [2.24, 2.45) is 5.14 Å². The number of ketones is 1. The van der Waals surface area contributed by atoms with Crippen LogP contribution in [0.4, 0.5) is 0 Å². The molecule has 66 valence electrons. The lowest BCUT2D eigenvalue weighted by Gasteiger charge is -2.08. The van der Waals surface area contributed by atoms with Crippen LogP contribution in [0.2, 0.25) is 0 Å². The van der Waals surface area contributed by atoms with Gasteiger partial charge in [0.05, 0.1) is 0 Å². The van der Waals surface area contributed by atoms with Gasteiger partial charge in [-0.25, -0.2) is 13.6 Å². The largest absolute Gasteiger partial charge is 0.298 e. The van der Waals surface area contributed by atoms with E-state index in [4.69, 9.17) is 5.14 Å². The van der Waals surface area contributed by atoms with Crippen molar-refractivity contribution in [2.75, 3.05) is 0 Å². The number of hydrogen-bond acceptors (Lipinski definition) is 3. The number of carbonyl (C=O) groups is 1. The summed E-state index contributed by atoms with van der Waals surface area (Å²) in [6.45, 7) is 3.25. The standard InChI is InChI=1S/C6H13NO3S/c1-3-5(8)6(4-2)11(7,9)10/h6H,3-4H2,1-2H3,(H2,7,9,10). The Morgan fingerprint density at radius 3 is 2.00 bits per heavy atom. The highest BCUT2D eigenvalue weighted by molar-refractivity contribution is 7.90. The molecule has 0 saturated carbocycles. The Hall–Kier alpha value is -0.420. The van der Waals surface area contributed by atoms with Crippen molar-refractivity contribution in [1.29, 1.82) is 0 Å². The highest BCUT2D eigenvalue weighted by atomic mass is 32.2. The van der Waals surface area contributed by atoms with Crippen molar-refractivity contribution in [1.82, 2.24) is 0 Å². The molecule has 0 heterocycles. The molecule has 0 aliphatic heterocycles. The van der Waals surface area contributed by atoms with Crippen LogP contribution in [0.15, 0.2) is 0 Å². The summed E-state index contributed by atoms with van der Waals surface area (Å²) in [6.07, 6.45) is 0.473. The van der Waals surface area contributed by atoms with Gasteiger partial charge in [0.1, 0.15) is 5.25 Å². The first-order valence-electron chi connectivity index (χ1n) is 3.47. The van der Waals surface area contributed by atoms with Crippen molar-refractivity contribution in [3.63, 3.8) is 0 Å². The molecule has 0 aromatic rings. The van der Waals surface area contributed by atoms with Gasteiger partial charge in [-0.15, -0.1) is 0 Å². The molecule has 2 N–H and O–H groups in total. The van der Waals surface area contributed by atoms with Crippen molar-refractivity contribution in [3.05, 3.63) is 0 Å². The smallest absolute Gasteiger partial charge is 0.219 e. The molecule has 0 aromatic heterocycles. The zero-order valence-electron chi connectivity index (χ0n) is 6.70. The molecule has 1 atom stereocenters. The van der Waals surface area contributed by atoms with Crippen LogP contribution in [-0.4, -0.2) is 19.5 Å². The number of primary sulfonamides is 1. The second-order valence-corrected chi connectivity index (χ2v) is 4.05. The number of rotatable bonds is 4. The zero-order valence-corrected chi connectivity index (χ0v) is 7.52. The van der Waals surface area contributed by atoms with Gasteiger partial charge in [-0.1, -0.05) is 13.8 Å². The van der Waals surface area contributed by atoms with Crippen LogP contribution in [0.3, 0.4) is 0 Å². The van der Waals surface area contributed by atoms with E-state index in [1.54, 1.807) is 13.8 Å². The predicted molar refractivity (Wildman–Crippen MR) is 42.5 cm³/mol. The summed E-state index contributed by atoms with van der Waals surface area (Å²) >= 11 is 0. The summed E-state index contributed by atoms with van der Waals surface area (Å²) in [4.78, 5) is 10.9. The van der Waals surface area contributed by atoms with Crippen molar-refractivity contribution in [2.45, 2.75) is 31.9 Å². The van der Waals surface area contributed by atoms with E-state index < -0.39 is 15.3 Å². The molecule has 0 rings (SSSR count). The van der Waals surface area contributed by atoms with E-state index in [0.29, 0.717) is 0 Å². The van der Waals surface area contributed by atoms with Gasteiger partial charge in [0, 0.05) is 6.42 Å². The third kappa shape index (κ3) is 2.98. The summed E-state index contributed by atoms with van der Waals surface area (Å²) in [5, 5.41) is 3.81. The highest BCUT2D eigenvalue weighted by Gasteiger charge is 2.25. The molecule has 0 fully saturated rings. The third-order valence-electron chi connectivity index (χ3n) is 1.47. The van der Waals surface area contributed by atoms with Crippen LogP contribution >= 0.6 is 0 Å². The average molecular weight is 179 g/mol. The molecule has 5 heteroatoms. The number of hydrogen-bond donors (Lipinski definition) is 1. The lowest BCUT2D eigenvalue weighted by atomic mass is 10.2. The van der Waals surface area contributed by atoms with Gasteiger partial charge < -0.3 is 0 Å². The Balaban J connectivity index is 4.56. The molecule has 0 saturated heterocycles. The second-order valence-electron chi connectivity index (χ2n) is 2.31. The number of carbonyl (C=O) groups excluding carboxylic acids is 1. The normalized spacial score (nSPS) is 14.5. The maximum atomic E-state index is 10.9. The van der Waals surface area contributed by atoms with Crippen molar-refractivity contribution < 1.29 is 13.2 Å². The molecule has 0 radical (unpaired) electrons. The van der Waals surface area contributed by atoms with Gasteiger partial charge >= 0.3 is 0 Å². The average Bonchev–Trinajstić information content (AvgIpc) is 1.86. The fourth-order valence-corrected chi connectivity index (χ4v) is 1.87. The maximum absolute atomic E-state index is 10.9. The molecule has 0 amide bonds. The molecule has 0 bridgehead atoms. The number of sulfonamides is 1. The molecular weight excluding hydrogens is 166 g/mol. The molecule has 11 heavy (non-hydrogen) atoms. The quantitative estimate of drug-likeness (QED) is 0.661. The first-order chi connectivity index (χ1) is 4.93. The molecule has 0 aliphatic rings. The van der Waals surface area contributed by atoms with Crippen molar-refractivity contribution >= 4 is 15.8 Å². The van der Waals surface area contributed by atoms with Crippen molar-refractivity contribution in [3.8, 4) is 0 Å². The van der Waals surface area contributed by atoms with Crippen LogP contribution < -0.4 is 5.14 Å². The number of Topliss-reactive ketones (excluding diaryl/α,β-unsaturated/α-hetero) is 1. The molecule has 0 spiro atoms. The fraction of sp³-hybridized carbons (Fsp3) is 0.833. The van der Waals surface area contributed by atoms with Gasteiger partial charge in [-0.05, 0) is 6.42 Å². The van der Waals surface area contributed by atoms with Crippen LogP contribution in [0.5, 0.6) is 0 Å². The molecular formula is C6H13NO3S. The minimum Gasteiger partial charge on any atom is -0.298 e. The summed E-state index contributed by atoms with van der Waals surface area (Å²) in [7, 11) is -3.68. The van der Waals surface area contributed by atoms with E-state index in [-0.39, 0.29) is 18.6 Å². The lowest BCUT2D eigenvalue weighted by Crippen LogP contribution is -2.34. The van der Waals surface area contributed by atoms with E-state index in [0.717, 1.165) is 0 Å². The highest BCUT2D eigenvalue weighted by Crippen LogP contribution is 2.04. The Morgan fingerprint density at radius 1 is 1.45 bits per heavy atom. The number of nitrogens with two attached hydrogens (primary N) is 1.